The summed E-state index contributed by atoms with van der Waals surface area (Å²) in [5.74, 6) is 0.668. The normalized spacial score (nSPS) is 18.8. The summed E-state index contributed by atoms with van der Waals surface area (Å²) in [6.07, 6.45) is 6.44. The van der Waals surface area contributed by atoms with Gasteiger partial charge in [0.05, 0.1) is 4.90 Å². The van der Waals surface area contributed by atoms with Gasteiger partial charge in [-0.3, -0.25) is 0 Å². The summed E-state index contributed by atoms with van der Waals surface area (Å²) in [5, 5.41) is 8.67. The lowest BCUT2D eigenvalue weighted by Crippen LogP contribution is -2.28. The zero-order valence-electron chi connectivity index (χ0n) is 12.2. The molecule has 1 atom stereocenters. The summed E-state index contributed by atoms with van der Waals surface area (Å²) >= 11 is 0. The lowest BCUT2D eigenvalue weighted by Gasteiger charge is -2.29. The second-order valence-electron chi connectivity index (χ2n) is 5.85. The molecule has 4 nitrogen and oxygen atoms in total. The molecule has 1 aromatic rings. The monoisotopic (exact) mass is 296 g/mol. The lowest BCUT2D eigenvalue weighted by atomic mass is 9.84. The molecule has 0 aliphatic heterocycles. The molecule has 1 fully saturated rings. The Kier molecular flexibility index (Phi) is 4.70. The van der Waals surface area contributed by atoms with Crippen molar-refractivity contribution in [3.63, 3.8) is 0 Å². The molecular formula is C15H24N2O2S. The Bertz CT molecular complexity index is 563. The molecule has 0 radical (unpaired) electrons. The Hall–Kier alpha value is -1.07. The van der Waals surface area contributed by atoms with Crippen LogP contribution in [0.4, 0.5) is 5.69 Å². The number of benzene rings is 1. The molecule has 1 aliphatic carbocycles. The van der Waals surface area contributed by atoms with Crippen molar-refractivity contribution in [2.75, 3.05) is 5.32 Å². The fourth-order valence-electron chi connectivity index (χ4n) is 2.93. The van der Waals surface area contributed by atoms with E-state index in [0.717, 1.165) is 11.3 Å². The maximum absolute atomic E-state index is 11.4. The fourth-order valence-corrected chi connectivity index (χ4v) is 3.47. The zero-order chi connectivity index (χ0) is 14.8. The van der Waals surface area contributed by atoms with Crippen LogP contribution in [0.3, 0.4) is 0 Å². The van der Waals surface area contributed by atoms with Crippen molar-refractivity contribution in [1.82, 2.24) is 0 Å². The third-order valence-corrected chi connectivity index (χ3v) is 5.19. The van der Waals surface area contributed by atoms with Crippen molar-refractivity contribution in [2.24, 2.45) is 11.1 Å². The van der Waals surface area contributed by atoms with Gasteiger partial charge in [0, 0.05) is 11.7 Å². The Morgan fingerprint density at radius 3 is 2.50 bits per heavy atom. The van der Waals surface area contributed by atoms with Gasteiger partial charge in [-0.15, -0.1) is 0 Å². The highest BCUT2D eigenvalue weighted by Crippen LogP contribution is 2.29. The van der Waals surface area contributed by atoms with Crippen LogP contribution < -0.4 is 10.5 Å². The van der Waals surface area contributed by atoms with Gasteiger partial charge < -0.3 is 5.32 Å². The minimum absolute atomic E-state index is 0.168. The molecule has 5 heteroatoms. The summed E-state index contributed by atoms with van der Waals surface area (Å²) in [5.41, 5.74) is 1.91. The average Bonchev–Trinajstić information content (AvgIpc) is 2.41. The van der Waals surface area contributed by atoms with E-state index in [9.17, 15) is 8.42 Å². The number of anilines is 1. The van der Waals surface area contributed by atoms with Gasteiger partial charge in [0.15, 0.2) is 0 Å². The first-order valence-corrected chi connectivity index (χ1v) is 8.82. The van der Waals surface area contributed by atoms with Gasteiger partial charge in [-0.05, 0) is 50.3 Å². The summed E-state index contributed by atoms with van der Waals surface area (Å²) in [6.45, 7) is 4.15. The second kappa shape index (κ2) is 6.14. The first-order valence-electron chi connectivity index (χ1n) is 7.28. The number of primary sulfonamides is 1. The quantitative estimate of drug-likeness (QED) is 0.897. The third-order valence-electron chi connectivity index (χ3n) is 4.28. The van der Waals surface area contributed by atoms with E-state index in [1.165, 1.54) is 32.1 Å². The van der Waals surface area contributed by atoms with Crippen molar-refractivity contribution in [3.8, 4) is 0 Å². The van der Waals surface area contributed by atoms with E-state index < -0.39 is 10.0 Å². The predicted molar refractivity (Wildman–Crippen MR) is 82.2 cm³/mol. The van der Waals surface area contributed by atoms with E-state index in [0.29, 0.717) is 12.0 Å². The first-order chi connectivity index (χ1) is 9.38. The maximum atomic E-state index is 11.4. The van der Waals surface area contributed by atoms with E-state index in [1.807, 2.05) is 6.92 Å². The molecule has 0 aromatic heterocycles. The highest BCUT2D eigenvalue weighted by Gasteiger charge is 2.20. The number of rotatable bonds is 4. The molecule has 1 saturated carbocycles. The van der Waals surface area contributed by atoms with Gasteiger partial charge in [0.25, 0.3) is 0 Å². The van der Waals surface area contributed by atoms with E-state index in [2.05, 4.69) is 12.2 Å². The van der Waals surface area contributed by atoms with Crippen LogP contribution in [0.1, 0.15) is 44.6 Å². The smallest absolute Gasteiger partial charge is 0.238 e. The van der Waals surface area contributed by atoms with Crippen LogP contribution in [0, 0.1) is 12.8 Å². The third kappa shape index (κ3) is 3.73. The van der Waals surface area contributed by atoms with Crippen LogP contribution in [0.15, 0.2) is 23.1 Å². The number of hydrogen-bond acceptors (Lipinski definition) is 3. The van der Waals surface area contributed by atoms with E-state index >= 15 is 0 Å². The standard InChI is InChI=1S/C15H24N2O2S/c1-11-8-9-14(20(16,18)19)10-15(11)17-12(2)13-6-4-3-5-7-13/h8-10,12-13,17H,3-7H2,1-2H3,(H2,16,18,19). The van der Waals surface area contributed by atoms with Crippen molar-refractivity contribution in [3.05, 3.63) is 23.8 Å². The zero-order valence-corrected chi connectivity index (χ0v) is 13.0. The Labute approximate surface area is 121 Å². The molecule has 3 N–H and O–H groups in total. The van der Waals surface area contributed by atoms with Crippen molar-refractivity contribution in [1.29, 1.82) is 0 Å². The van der Waals surface area contributed by atoms with Crippen molar-refractivity contribution < 1.29 is 8.42 Å². The minimum atomic E-state index is -3.64. The van der Waals surface area contributed by atoms with Gasteiger partial charge in [0.2, 0.25) is 10.0 Å². The lowest BCUT2D eigenvalue weighted by molar-refractivity contribution is 0.328. The van der Waals surface area contributed by atoms with Crippen LogP contribution in [0.5, 0.6) is 0 Å². The molecule has 20 heavy (non-hydrogen) atoms. The number of sulfonamides is 1. The molecule has 112 valence electrons. The molecule has 1 aromatic carbocycles. The second-order valence-corrected chi connectivity index (χ2v) is 7.41. The van der Waals surface area contributed by atoms with Crippen molar-refractivity contribution in [2.45, 2.75) is 56.9 Å². The van der Waals surface area contributed by atoms with E-state index in [-0.39, 0.29) is 4.90 Å². The van der Waals surface area contributed by atoms with Gasteiger partial charge >= 0.3 is 0 Å². The molecule has 0 spiro atoms. The summed E-state index contributed by atoms with van der Waals surface area (Å²) in [7, 11) is -3.64. The molecule has 0 heterocycles. The highest BCUT2D eigenvalue weighted by molar-refractivity contribution is 7.89. The molecule has 0 amide bonds. The number of nitrogens with two attached hydrogens (primary N) is 1. The van der Waals surface area contributed by atoms with Gasteiger partial charge in [0.1, 0.15) is 0 Å². The van der Waals surface area contributed by atoms with Gasteiger partial charge in [-0.1, -0.05) is 25.3 Å². The van der Waals surface area contributed by atoms with Crippen LogP contribution in [-0.2, 0) is 10.0 Å². The number of aryl methyl sites for hydroxylation is 1. The Balaban J connectivity index is 2.15. The first kappa shape index (κ1) is 15.3. The maximum Gasteiger partial charge on any atom is 0.238 e. The number of nitrogens with one attached hydrogen (secondary N) is 1. The van der Waals surface area contributed by atoms with Crippen LogP contribution in [0.2, 0.25) is 0 Å². The average molecular weight is 296 g/mol. The molecular weight excluding hydrogens is 272 g/mol. The van der Waals surface area contributed by atoms with Crippen LogP contribution in [0.25, 0.3) is 0 Å². The van der Waals surface area contributed by atoms with Gasteiger partial charge in [-0.2, -0.15) is 0 Å². The number of hydrogen-bond donors (Lipinski definition) is 2. The topological polar surface area (TPSA) is 72.2 Å². The Morgan fingerprint density at radius 2 is 1.90 bits per heavy atom. The van der Waals surface area contributed by atoms with Crippen LogP contribution in [-0.4, -0.2) is 14.5 Å². The summed E-state index contributed by atoms with van der Waals surface area (Å²) in [4.78, 5) is 0.168. The van der Waals surface area contributed by atoms with Crippen molar-refractivity contribution >= 4 is 15.7 Å². The molecule has 1 aliphatic rings. The van der Waals surface area contributed by atoms with Crippen LogP contribution >= 0.6 is 0 Å². The van der Waals surface area contributed by atoms with E-state index in [4.69, 9.17) is 5.14 Å². The SMILES string of the molecule is Cc1ccc(S(N)(=O)=O)cc1NC(C)C1CCCCC1. The molecule has 0 bridgehead atoms. The molecule has 1 unspecified atom stereocenters. The summed E-state index contributed by atoms with van der Waals surface area (Å²) in [6, 6.07) is 5.35. The largest absolute Gasteiger partial charge is 0.382 e. The minimum Gasteiger partial charge on any atom is -0.382 e. The van der Waals surface area contributed by atoms with E-state index in [1.54, 1.807) is 18.2 Å². The molecule has 2 rings (SSSR count). The summed E-state index contributed by atoms with van der Waals surface area (Å²) < 4.78 is 22.9. The van der Waals surface area contributed by atoms with Gasteiger partial charge in [-0.25, -0.2) is 13.6 Å². The predicted octanol–water partition coefficient (Wildman–Crippen LogP) is 3.02. The fraction of sp³-hybridized carbons (Fsp3) is 0.600. The molecule has 0 saturated heterocycles. The highest BCUT2D eigenvalue weighted by atomic mass is 32.2. The Morgan fingerprint density at radius 1 is 1.25 bits per heavy atom.